The van der Waals surface area contributed by atoms with Crippen LogP contribution >= 0.6 is 0 Å². The van der Waals surface area contributed by atoms with Crippen LogP contribution in [0.25, 0.3) is 0 Å². The third-order valence-corrected chi connectivity index (χ3v) is 2.88. The van der Waals surface area contributed by atoms with Crippen LogP contribution in [-0.4, -0.2) is 6.54 Å². The zero-order chi connectivity index (χ0) is 10.1. The third kappa shape index (κ3) is 1.61. The van der Waals surface area contributed by atoms with Crippen molar-refractivity contribution in [1.82, 2.24) is 0 Å². The molecule has 0 aliphatic carbocycles. The largest absolute Gasteiger partial charge is 0.360 e. The van der Waals surface area contributed by atoms with Gasteiger partial charge in [0.1, 0.15) is 0 Å². The summed E-state index contributed by atoms with van der Waals surface area (Å²) in [5.41, 5.74) is 2.74. The predicted octanol–water partition coefficient (Wildman–Crippen LogP) is 3.25. The number of hydrogen-bond acceptors (Lipinski definition) is 1. The Balaban J connectivity index is 1.81. The minimum Gasteiger partial charge on any atom is -0.360 e. The van der Waals surface area contributed by atoms with Crippen molar-refractivity contribution in [2.24, 2.45) is 0 Å². The van der Waals surface area contributed by atoms with Gasteiger partial charge < -0.3 is 4.90 Å². The molecule has 0 aromatic heterocycles. The fourth-order valence-corrected chi connectivity index (χ4v) is 2.00. The first kappa shape index (κ1) is 8.54. The van der Waals surface area contributed by atoms with Crippen LogP contribution < -0.4 is 4.90 Å². The summed E-state index contributed by atoms with van der Waals surface area (Å²) in [7, 11) is 0. The molecule has 0 bridgehead atoms. The molecule has 1 saturated heterocycles. The summed E-state index contributed by atoms with van der Waals surface area (Å²) in [5, 5.41) is 0. The lowest BCUT2D eigenvalue weighted by molar-refractivity contribution is 1.13. The highest BCUT2D eigenvalue weighted by Gasteiger charge is 2.34. The van der Waals surface area contributed by atoms with Crippen molar-refractivity contribution in [2.75, 3.05) is 11.4 Å². The molecule has 1 aliphatic rings. The van der Waals surface area contributed by atoms with Crippen LogP contribution in [-0.2, 0) is 0 Å². The molecule has 1 heterocycles. The second-order valence-electron chi connectivity index (χ2n) is 3.91. The van der Waals surface area contributed by atoms with Crippen LogP contribution in [0.2, 0.25) is 0 Å². The Labute approximate surface area is 90.0 Å². The minimum absolute atomic E-state index is 0.591. The van der Waals surface area contributed by atoms with E-state index in [9.17, 15) is 0 Å². The van der Waals surface area contributed by atoms with Gasteiger partial charge in [-0.25, -0.2) is 0 Å². The molecule has 0 radical (unpaired) electrons. The van der Waals surface area contributed by atoms with E-state index in [2.05, 4.69) is 65.6 Å². The molecule has 1 unspecified atom stereocenters. The van der Waals surface area contributed by atoms with Gasteiger partial charge in [-0.05, 0) is 17.7 Å². The quantitative estimate of drug-likeness (QED) is 0.665. The summed E-state index contributed by atoms with van der Waals surface area (Å²) in [5.74, 6) is 0. The van der Waals surface area contributed by atoms with Crippen LogP contribution in [0, 0.1) is 0 Å². The van der Waals surface area contributed by atoms with Gasteiger partial charge in [-0.1, -0.05) is 48.5 Å². The third-order valence-electron chi connectivity index (χ3n) is 2.88. The maximum absolute atomic E-state index is 2.41. The van der Waals surface area contributed by atoms with Crippen LogP contribution in [0.4, 0.5) is 5.69 Å². The van der Waals surface area contributed by atoms with E-state index in [-0.39, 0.29) is 0 Å². The van der Waals surface area contributed by atoms with E-state index in [1.807, 2.05) is 0 Å². The number of hydrogen-bond donors (Lipinski definition) is 0. The Morgan fingerprint density at radius 2 is 1.40 bits per heavy atom. The van der Waals surface area contributed by atoms with Crippen LogP contribution in [0.3, 0.4) is 0 Å². The van der Waals surface area contributed by atoms with Crippen molar-refractivity contribution in [3.8, 4) is 0 Å². The van der Waals surface area contributed by atoms with Gasteiger partial charge in [-0.15, -0.1) is 0 Å². The summed E-state index contributed by atoms with van der Waals surface area (Å²) >= 11 is 0. The van der Waals surface area contributed by atoms with Crippen LogP contribution in [0.5, 0.6) is 0 Å². The number of nitrogens with zero attached hydrogens (tertiary/aromatic N) is 1. The Hall–Kier alpha value is -1.76. The summed E-state index contributed by atoms with van der Waals surface area (Å²) < 4.78 is 0. The highest BCUT2D eigenvalue weighted by Crippen LogP contribution is 2.39. The fourth-order valence-electron chi connectivity index (χ4n) is 2.00. The average Bonchev–Trinajstić information content (AvgIpc) is 3.11. The lowest BCUT2D eigenvalue weighted by atomic mass is 10.2. The average molecular weight is 195 g/mol. The molecule has 0 N–H and O–H groups in total. The second kappa shape index (κ2) is 3.43. The van der Waals surface area contributed by atoms with Gasteiger partial charge in [-0.2, -0.15) is 0 Å². The van der Waals surface area contributed by atoms with Crippen molar-refractivity contribution in [1.29, 1.82) is 0 Å². The molecule has 3 rings (SSSR count). The van der Waals surface area contributed by atoms with Gasteiger partial charge in [0.25, 0.3) is 0 Å². The zero-order valence-corrected chi connectivity index (χ0v) is 8.51. The predicted molar refractivity (Wildman–Crippen MR) is 63.0 cm³/mol. The van der Waals surface area contributed by atoms with Gasteiger partial charge in [0.05, 0.1) is 6.04 Å². The number of para-hydroxylation sites is 1. The maximum atomic E-state index is 2.41. The Bertz CT molecular complexity index is 392. The standard InChI is InChI=1S/C14H13N/c1-3-7-12(8-4-1)14-11-15(14)13-9-5-2-6-10-13/h1-10,14H,11H2. The van der Waals surface area contributed by atoms with E-state index < -0.39 is 0 Å². The van der Waals surface area contributed by atoms with Crippen molar-refractivity contribution in [2.45, 2.75) is 6.04 Å². The molecule has 0 saturated carbocycles. The van der Waals surface area contributed by atoms with E-state index in [1.54, 1.807) is 0 Å². The van der Waals surface area contributed by atoms with Gasteiger partial charge in [0, 0.05) is 12.2 Å². The Morgan fingerprint density at radius 3 is 2.07 bits per heavy atom. The number of rotatable bonds is 2. The Kier molecular flexibility index (Phi) is 1.95. The molecule has 1 fully saturated rings. The molecule has 74 valence electrons. The monoisotopic (exact) mass is 195 g/mol. The SMILES string of the molecule is c1ccc(C2CN2c2ccccc2)cc1. The van der Waals surface area contributed by atoms with E-state index >= 15 is 0 Å². The smallest absolute Gasteiger partial charge is 0.0718 e. The molecular formula is C14H13N. The first-order valence-electron chi connectivity index (χ1n) is 5.32. The van der Waals surface area contributed by atoms with Crippen LogP contribution in [0.15, 0.2) is 60.7 Å². The second-order valence-corrected chi connectivity index (χ2v) is 3.91. The zero-order valence-electron chi connectivity index (χ0n) is 8.51. The summed E-state index contributed by atoms with van der Waals surface area (Å²) in [6.07, 6.45) is 0. The van der Waals surface area contributed by atoms with Crippen molar-refractivity contribution in [3.05, 3.63) is 66.2 Å². The van der Waals surface area contributed by atoms with E-state index in [1.165, 1.54) is 11.3 Å². The minimum atomic E-state index is 0.591. The van der Waals surface area contributed by atoms with Crippen molar-refractivity contribution in [3.63, 3.8) is 0 Å². The summed E-state index contributed by atoms with van der Waals surface area (Å²) in [6.45, 7) is 1.15. The topological polar surface area (TPSA) is 3.01 Å². The maximum Gasteiger partial charge on any atom is 0.0718 e. The van der Waals surface area contributed by atoms with Crippen molar-refractivity contribution >= 4 is 5.69 Å². The molecule has 15 heavy (non-hydrogen) atoms. The first-order chi connectivity index (χ1) is 7.45. The highest BCUT2D eigenvalue weighted by atomic mass is 15.3. The molecule has 1 nitrogen and oxygen atoms in total. The molecular weight excluding hydrogens is 182 g/mol. The van der Waals surface area contributed by atoms with Gasteiger partial charge in [-0.3, -0.25) is 0 Å². The van der Waals surface area contributed by atoms with E-state index in [4.69, 9.17) is 0 Å². The molecule has 1 aliphatic heterocycles. The molecule has 1 atom stereocenters. The van der Waals surface area contributed by atoms with E-state index in [0.717, 1.165) is 6.54 Å². The fraction of sp³-hybridized carbons (Fsp3) is 0.143. The number of anilines is 1. The first-order valence-corrected chi connectivity index (χ1v) is 5.32. The van der Waals surface area contributed by atoms with Gasteiger partial charge in [0.2, 0.25) is 0 Å². The van der Waals surface area contributed by atoms with Crippen molar-refractivity contribution < 1.29 is 0 Å². The lowest BCUT2D eigenvalue weighted by Gasteiger charge is -2.04. The number of benzene rings is 2. The van der Waals surface area contributed by atoms with Crippen LogP contribution in [0.1, 0.15) is 11.6 Å². The highest BCUT2D eigenvalue weighted by molar-refractivity contribution is 5.56. The molecule has 2 aromatic rings. The molecule has 2 aromatic carbocycles. The lowest BCUT2D eigenvalue weighted by Crippen LogP contribution is -1.93. The van der Waals surface area contributed by atoms with Gasteiger partial charge >= 0.3 is 0 Å². The molecule has 0 amide bonds. The normalized spacial score (nSPS) is 18.9. The summed E-state index contributed by atoms with van der Waals surface area (Å²) in [4.78, 5) is 2.41. The summed E-state index contributed by atoms with van der Waals surface area (Å²) in [6, 6.07) is 21.9. The molecule has 0 spiro atoms. The Morgan fingerprint density at radius 1 is 0.800 bits per heavy atom. The molecule has 1 heteroatoms. The van der Waals surface area contributed by atoms with E-state index in [0.29, 0.717) is 6.04 Å². The van der Waals surface area contributed by atoms with Gasteiger partial charge in [0.15, 0.2) is 0 Å².